The third-order valence-electron chi connectivity index (χ3n) is 2.50. The fourth-order valence-electron chi connectivity index (χ4n) is 1.84. The summed E-state index contributed by atoms with van der Waals surface area (Å²) in [6, 6.07) is 4.12. The highest BCUT2D eigenvalue weighted by Crippen LogP contribution is 2.19. The molecule has 19 heavy (non-hydrogen) atoms. The second-order valence-electron chi connectivity index (χ2n) is 3.91. The van der Waals surface area contributed by atoms with E-state index >= 15 is 0 Å². The van der Waals surface area contributed by atoms with Gasteiger partial charge in [-0.25, -0.2) is 8.78 Å². The van der Waals surface area contributed by atoms with Crippen LogP contribution in [0.1, 0.15) is 26.3 Å². The van der Waals surface area contributed by atoms with Crippen molar-refractivity contribution in [3.8, 4) is 0 Å². The number of hydrogen-bond donors (Lipinski definition) is 0. The minimum atomic E-state index is -2.87. The zero-order valence-corrected chi connectivity index (χ0v) is 12.5. The van der Waals surface area contributed by atoms with Crippen LogP contribution in [0, 0.1) is 11.6 Å². The Morgan fingerprint density at radius 2 is 1.42 bits per heavy atom. The van der Waals surface area contributed by atoms with Crippen LogP contribution in [0.5, 0.6) is 0 Å². The molecule has 0 aliphatic carbocycles. The summed E-state index contributed by atoms with van der Waals surface area (Å²) in [4.78, 5) is 0. The van der Waals surface area contributed by atoms with Crippen molar-refractivity contribution in [2.24, 2.45) is 0 Å². The summed E-state index contributed by atoms with van der Waals surface area (Å²) < 4.78 is 43.1. The summed E-state index contributed by atoms with van der Waals surface area (Å²) in [5, 5.41) is 0. The van der Waals surface area contributed by atoms with Crippen molar-refractivity contribution < 1.29 is 22.1 Å². The Labute approximate surface area is 113 Å². The molecule has 0 unspecified atom stereocenters. The minimum absolute atomic E-state index is 0.333. The second kappa shape index (κ2) is 7.69. The highest BCUT2D eigenvalue weighted by molar-refractivity contribution is 6.60. The lowest BCUT2D eigenvalue weighted by molar-refractivity contribution is 0.0704. The largest absolute Gasteiger partial charge is 0.505 e. The molecule has 108 valence electrons. The van der Waals surface area contributed by atoms with Crippen LogP contribution < -0.4 is 0 Å². The summed E-state index contributed by atoms with van der Waals surface area (Å²) in [5.41, 5.74) is 0.612. The topological polar surface area (TPSA) is 27.7 Å². The van der Waals surface area contributed by atoms with Gasteiger partial charge in [0.05, 0.1) is 0 Å². The van der Waals surface area contributed by atoms with Gasteiger partial charge in [-0.2, -0.15) is 0 Å². The molecular weight excluding hydrogens is 270 g/mol. The molecule has 0 saturated heterocycles. The van der Waals surface area contributed by atoms with E-state index in [0.717, 1.165) is 12.1 Å². The van der Waals surface area contributed by atoms with Crippen molar-refractivity contribution in [1.82, 2.24) is 0 Å². The molecule has 0 fully saturated rings. The number of halogens is 2. The molecule has 0 saturated carbocycles. The monoisotopic (exact) mass is 290 g/mol. The van der Waals surface area contributed by atoms with E-state index in [1.165, 1.54) is 6.07 Å². The van der Waals surface area contributed by atoms with Gasteiger partial charge >= 0.3 is 8.80 Å². The fourth-order valence-corrected chi connectivity index (χ4v) is 4.43. The molecule has 0 spiro atoms. The van der Waals surface area contributed by atoms with E-state index in [0.29, 0.717) is 31.4 Å². The first-order valence-corrected chi connectivity index (χ1v) is 8.35. The van der Waals surface area contributed by atoms with Gasteiger partial charge < -0.3 is 13.3 Å². The van der Waals surface area contributed by atoms with Crippen LogP contribution in [0.3, 0.4) is 0 Å². The Balaban J connectivity index is 2.93. The summed E-state index contributed by atoms with van der Waals surface area (Å²) in [7, 11) is -2.87. The first-order valence-electron chi connectivity index (χ1n) is 6.42. The number of benzene rings is 1. The van der Waals surface area contributed by atoms with E-state index < -0.39 is 20.4 Å². The van der Waals surface area contributed by atoms with Crippen LogP contribution in [0.25, 0.3) is 0 Å². The SMILES string of the molecule is CCO[Si](Cc1ccc(F)c(F)c1)(OCC)OCC. The van der Waals surface area contributed by atoms with E-state index in [9.17, 15) is 8.78 Å². The Bertz CT molecular complexity index is 384. The van der Waals surface area contributed by atoms with E-state index in [-0.39, 0.29) is 0 Å². The smallest absolute Gasteiger partial charge is 0.374 e. The third kappa shape index (κ3) is 4.65. The Hall–Kier alpha value is -0.823. The molecule has 0 aliphatic rings. The molecule has 0 bridgehead atoms. The Kier molecular flexibility index (Phi) is 6.57. The number of rotatable bonds is 8. The summed E-state index contributed by atoms with van der Waals surface area (Å²) in [6.45, 7) is 6.92. The van der Waals surface area contributed by atoms with E-state index in [1.807, 2.05) is 20.8 Å². The van der Waals surface area contributed by atoms with E-state index in [1.54, 1.807) is 0 Å². The van der Waals surface area contributed by atoms with Crippen molar-refractivity contribution in [3.05, 3.63) is 35.4 Å². The summed E-state index contributed by atoms with van der Waals surface area (Å²) >= 11 is 0. The summed E-state index contributed by atoms with van der Waals surface area (Å²) in [5.74, 6) is -1.73. The average molecular weight is 290 g/mol. The summed E-state index contributed by atoms with van der Waals surface area (Å²) in [6.07, 6.45) is 0. The zero-order valence-electron chi connectivity index (χ0n) is 11.5. The molecule has 6 heteroatoms. The highest BCUT2D eigenvalue weighted by atomic mass is 28.4. The quantitative estimate of drug-likeness (QED) is 0.689. The highest BCUT2D eigenvalue weighted by Gasteiger charge is 2.40. The maximum Gasteiger partial charge on any atom is 0.505 e. The van der Waals surface area contributed by atoms with Gasteiger partial charge in [0.1, 0.15) is 0 Å². The Morgan fingerprint density at radius 3 is 1.84 bits per heavy atom. The Morgan fingerprint density at radius 1 is 0.895 bits per heavy atom. The van der Waals surface area contributed by atoms with Gasteiger partial charge in [0.2, 0.25) is 0 Å². The zero-order chi connectivity index (χ0) is 14.3. The molecule has 1 aromatic rings. The van der Waals surface area contributed by atoms with Crippen LogP contribution in [0.15, 0.2) is 18.2 Å². The van der Waals surface area contributed by atoms with Gasteiger partial charge in [0.15, 0.2) is 11.6 Å². The average Bonchev–Trinajstić information content (AvgIpc) is 2.35. The van der Waals surface area contributed by atoms with Gasteiger partial charge in [-0.15, -0.1) is 0 Å². The lowest BCUT2D eigenvalue weighted by Gasteiger charge is -2.28. The molecule has 0 aromatic heterocycles. The lowest BCUT2D eigenvalue weighted by Crippen LogP contribution is -2.48. The van der Waals surface area contributed by atoms with Gasteiger partial charge in [0, 0.05) is 25.9 Å². The van der Waals surface area contributed by atoms with Gasteiger partial charge in [0.25, 0.3) is 0 Å². The third-order valence-corrected chi connectivity index (χ3v) is 5.52. The van der Waals surface area contributed by atoms with Gasteiger partial charge in [-0.05, 0) is 38.5 Å². The standard InChI is InChI=1S/C13H20F2O3Si/c1-4-16-19(17-5-2,18-6-3)10-11-7-8-12(14)13(15)9-11/h7-9H,4-6,10H2,1-3H3. The minimum Gasteiger partial charge on any atom is -0.374 e. The van der Waals surface area contributed by atoms with Crippen LogP contribution >= 0.6 is 0 Å². The van der Waals surface area contributed by atoms with Crippen LogP contribution in [0.4, 0.5) is 8.78 Å². The number of hydrogen-bond acceptors (Lipinski definition) is 3. The van der Waals surface area contributed by atoms with E-state index in [2.05, 4.69) is 0 Å². The molecule has 0 N–H and O–H groups in total. The molecule has 1 aromatic carbocycles. The molecular formula is C13H20F2O3Si. The van der Waals surface area contributed by atoms with E-state index in [4.69, 9.17) is 13.3 Å². The first-order chi connectivity index (χ1) is 9.06. The molecule has 0 heterocycles. The normalized spacial score (nSPS) is 11.8. The molecule has 0 amide bonds. The molecule has 1 rings (SSSR count). The molecule has 3 nitrogen and oxygen atoms in total. The van der Waals surface area contributed by atoms with Gasteiger partial charge in [-0.3, -0.25) is 0 Å². The van der Waals surface area contributed by atoms with Crippen molar-refractivity contribution in [2.75, 3.05) is 19.8 Å². The predicted molar refractivity (Wildman–Crippen MR) is 70.7 cm³/mol. The maximum atomic E-state index is 13.2. The van der Waals surface area contributed by atoms with Crippen LogP contribution in [-0.4, -0.2) is 28.6 Å². The van der Waals surface area contributed by atoms with Crippen LogP contribution in [0.2, 0.25) is 0 Å². The molecule has 0 aliphatic heterocycles. The first kappa shape index (κ1) is 16.2. The molecule has 0 radical (unpaired) electrons. The van der Waals surface area contributed by atoms with Crippen molar-refractivity contribution in [2.45, 2.75) is 26.8 Å². The second-order valence-corrected chi connectivity index (χ2v) is 6.49. The predicted octanol–water partition coefficient (Wildman–Crippen LogP) is 3.09. The molecule has 0 atom stereocenters. The van der Waals surface area contributed by atoms with Crippen molar-refractivity contribution in [1.29, 1.82) is 0 Å². The lowest BCUT2D eigenvalue weighted by atomic mass is 10.2. The fraction of sp³-hybridized carbons (Fsp3) is 0.538. The van der Waals surface area contributed by atoms with Crippen molar-refractivity contribution in [3.63, 3.8) is 0 Å². The maximum absolute atomic E-state index is 13.2. The van der Waals surface area contributed by atoms with Crippen LogP contribution in [-0.2, 0) is 19.3 Å². The van der Waals surface area contributed by atoms with Gasteiger partial charge in [-0.1, -0.05) is 6.07 Å². The van der Waals surface area contributed by atoms with Crippen molar-refractivity contribution >= 4 is 8.80 Å².